The third kappa shape index (κ3) is 5.99. The number of hydrogen-bond donors (Lipinski definition) is 1. The van der Waals surface area contributed by atoms with Crippen LogP contribution in [0.1, 0.15) is 5.56 Å². The van der Waals surface area contributed by atoms with Crippen molar-refractivity contribution in [2.45, 2.75) is 5.03 Å². The maximum Gasteiger partial charge on any atom is 1.00 e. The number of amides is 2. The topological polar surface area (TPSA) is 165 Å². The summed E-state index contributed by atoms with van der Waals surface area (Å²) in [6, 6.07) is 3.00. The number of urea groups is 1. The molecule has 2 aromatic rings. The molecule has 1 aliphatic heterocycles. The predicted octanol–water partition coefficient (Wildman–Crippen LogP) is -2.10. The molecule has 15 heteroatoms. The van der Waals surface area contributed by atoms with E-state index >= 15 is 0 Å². The molecule has 2 amide bonds. The van der Waals surface area contributed by atoms with E-state index in [4.69, 9.17) is 19.0 Å². The number of carbonyl (C=O) groups excluding carboxylic acids is 1. The third-order valence-electron chi connectivity index (χ3n) is 3.33. The first-order chi connectivity index (χ1) is 13.9. The number of ether oxygens (including phenoxy) is 3. The second-order valence-corrected chi connectivity index (χ2v) is 6.73. The minimum Gasteiger partial charge on any atom is -0.481 e. The van der Waals surface area contributed by atoms with Gasteiger partial charge in [-0.05, 0) is 17.3 Å². The second kappa shape index (κ2) is 10.8. The number of aromatic nitrogens is 3. The van der Waals surface area contributed by atoms with Gasteiger partial charge < -0.3 is 29.1 Å². The summed E-state index contributed by atoms with van der Waals surface area (Å²) in [6.45, 7) is 0.405. The van der Waals surface area contributed by atoms with Crippen LogP contribution in [0, 0.1) is 0 Å². The first kappa shape index (κ1) is 24.2. The first-order valence-corrected chi connectivity index (χ1v) is 9.41. The van der Waals surface area contributed by atoms with Gasteiger partial charge in [0.15, 0.2) is 23.6 Å². The molecule has 0 saturated carbocycles. The van der Waals surface area contributed by atoms with Crippen molar-refractivity contribution in [1.82, 2.24) is 15.0 Å². The molecule has 13 nitrogen and oxygen atoms in total. The summed E-state index contributed by atoms with van der Waals surface area (Å²) < 4.78 is 43.6. The van der Waals surface area contributed by atoms with E-state index in [2.05, 4.69) is 30.1 Å². The van der Waals surface area contributed by atoms with Crippen LogP contribution in [0.5, 0.6) is 11.8 Å². The molecule has 1 aliphatic rings. The van der Waals surface area contributed by atoms with Crippen molar-refractivity contribution in [2.75, 3.05) is 32.8 Å². The van der Waals surface area contributed by atoms with Crippen LogP contribution < -0.4 is 66.2 Å². The Kier molecular flexibility index (Phi) is 8.74. The molecular formula is C15H15KN6O7S. The number of sulfonamides is 1. The molecule has 0 aliphatic carbocycles. The van der Waals surface area contributed by atoms with E-state index < -0.39 is 21.1 Å². The van der Waals surface area contributed by atoms with Gasteiger partial charge in [0.05, 0.1) is 25.8 Å². The quantitative estimate of drug-likeness (QED) is 0.470. The molecule has 0 fully saturated rings. The molecule has 0 radical (unpaired) electrons. The summed E-state index contributed by atoms with van der Waals surface area (Å²) in [6.07, 6.45) is 1.23. The molecule has 30 heavy (non-hydrogen) atoms. The van der Waals surface area contributed by atoms with Crippen LogP contribution in [0.2, 0.25) is 0 Å². The summed E-state index contributed by atoms with van der Waals surface area (Å²) in [4.78, 5) is 28.6. The molecule has 2 aromatic heterocycles. The summed E-state index contributed by atoms with van der Waals surface area (Å²) in [5.41, 5.74) is 0.00282. The Bertz CT molecular complexity index is 1030. The molecule has 0 aromatic carbocycles. The molecule has 3 rings (SSSR count). The van der Waals surface area contributed by atoms with Gasteiger partial charge in [0.2, 0.25) is 21.8 Å². The molecule has 0 spiro atoms. The molecule has 0 unspecified atom stereocenters. The van der Waals surface area contributed by atoms with E-state index in [1.54, 1.807) is 0 Å². The number of anilines is 1. The average Bonchev–Trinajstić information content (AvgIpc) is 2.73. The van der Waals surface area contributed by atoms with Crippen molar-refractivity contribution >= 4 is 27.9 Å². The van der Waals surface area contributed by atoms with Gasteiger partial charge in [-0.25, -0.2) is 13.4 Å². The average molecular weight is 462 g/mol. The molecule has 1 N–H and O–H groups in total. The van der Waals surface area contributed by atoms with Crippen molar-refractivity contribution in [3.05, 3.63) is 34.7 Å². The van der Waals surface area contributed by atoms with Crippen LogP contribution in [0.4, 0.5) is 10.7 Å². The van der Waals surface area contributed by atoms with E-state index in [-0.39, 0.29) is 93.8 Å². The Morgan fingerprint density at radius 2 is 1.90 bits per heavy atom. The number of nitrogens with one attached hydrogen (secondary N) is 1. The van der Waals surface area contributed by atoms with Crippen LogP contribution in [0.25, 0.3) is 4.72 Å². The van der Waals surface area contributed by atoms with Crippen molar-refractivity contribution < 1.29 is 83.6 Å². The van der Waals surface area contributed by atoms with Crippen LogP contribution in [0.3, 0.4) is 0 Å². The number of hydrogen-bond acceptors (Lipinski definition) is 11. The number of oxime groups is 1. The van der Waals surface area contributed by atoms with Gasteiger partial charge >= 0.3 is 51.4 Å². The largest absolute Gasteiger partial charge is 1.00 e. The zero-order valence-electron chi connectivity index (χ0n) is 16.2. The Morgan fingerprint density at radius 3 is 2.50 bits per heavy atom. The second-order valence-electron chi connectivity index (χ2n) is 5.21. The Morgan fingerprint density at radius 1 is 1.20 bits per heavy atom. The Labute approximate surface area is 214 Å². The van der Waals surface area contributed by atoms with Crippen molar-refractivity contribution in [1.29, 1.82) is 0 Å². The van der Waals surface area contributed by atoms with Gasteiger partial charge in [-0.2, -0.15) is 9.97 Å². The summed E-state index contributed by atoms with van der Waals surface area (Å²) in [5, 5.41) is 5.27. The maximum atomic E-state index is 12.6. The zero-order chi connectivity index (χ0) is 20.9. The molecule has 0 bridgehead atoms. The Hall–Kier alpha value is -2.04. The third-order valence-corrected chi connectivity index (χ3v) is 4.55. The van der Waals surface area contributed by atoms with Crippen LogP contribution in [-0.2, 0) is 19.6 Å². The maximum absolute atomic E-state index is 12.6. The molecule has 3 heterocycles. The zero-order valence-corrected chi connectivity index (χ0v) is 20.2. The minimum absolute atomic E-state index is 0. The van der Waals surface area contributed by atoms with Crippen molar-refractivity contribution in [3.63, 3.8) is 0 Å². The fourth-order valence-electron chi connectivity index (χ4n) is 2.13. The van der Waals surface area contributed by atoms with Crippen LogP contribution in [0.15, 0.2) is 34.6 Å². The fraction of sp³-hybridized carbons (Fsp3) is 0.267. The minimum atomic E-state index is -4.52. The van der Waals surface area contributed by atoms with Crippen molar-refractivity contribution in [3.8, 4) is 11.8 Å². The smallest absolute Gasteiger partial charge is 0.481 e. The number of nitrogens with zero attached hydrogens (tertiary/aromatic N) is 5. The first-order valence-electron chi connectivity index (χ1n) is 7.97. The van der Waals surface area contributed by atoms with E-state index in [0.29, 0.717) is 0 Å². The van der Waals surface area contributed by atoms with E-state index in [0.717, 1.165) is 0 Å². The van der Waals surface area contributed by atoms with E-state index in [9.17, 15) is 13.2 Å². The van der Waals surface area contributed by atoms with Gasteiger partial charge in [-0.15, -0.1) is 0 Å². The number of rotatable bonds is 6. The number of pyridine rings is 1. The normalized spacial score (nSPS) is 12.9. The van der Waals surface area contributed by atoms with Gasteiger partial charge in [0, 0.05) is 6.20 Å². The monoisotopic (exact) mass is 462 g/mol. The predicted molar refractivity (Wildman–Crippen MR) is 97.4 cm³/mol. The fourth-order valence-corrected chi connectivity index (χ4v) is 3.11. The van der Waals surface area contributed by atoms with Gasteiger partial charge in [-0.1, -0.05) is 0 Å². The molecule has 154 valence electrons. The Balaban J connectivity index is 0.00000320. The van der Waals surface area contributed by atoms with E-state index in [1.807, 2.05) is 0 Å². The van der Waals surface area contributed by atoms with Gasteiger partial charge in [0.25, 0.3) is 5.90 Å². The summed E-state index contributed by atoms with van der Waals surface area (Å²) in [5.74, 6) is -0.164. The summed E-state index contributed by atoms with van der Waals surface area (Å²) >= 11 is 0. The molecular weight excluding hydrogens is 447 g/mol. The van der Waals surface area contributed by atoms with Crippen molar-refractivity contribution in [2.24, 2.45) is 5.16 Å². The molecule has 0 atom stereocenters. The van der Waals surface area contributed by atoms with Gasteiger partial charge in [-0.3, -0.25) is 4.79 Å². The number of carbonyl (C=O) groups is 1. The van der Waals surface area contributed by atoms with Crippen LogP contribution in [-0.4, -0.2) is 62.7 Å². The van der Waals surface area contributed by atoms with Crippen LogP contribution >= 0.6 is 0 Å². The summed E-state index contributed by atoms with van der Waals surface area (Å²) in [7, 11) is -1.82. The standard InChI is InChI=1S/C15H16N6O7S.K/c1-25-10-8-11(26-2)18-14(17-10)19-15(22)21-29(23,24)13-9(4-3-5-16-13)12-20-28-7-6-27-12;/h3-5,8H,6-7H2,1-2H3,(H2,17,18,19,21,22);/q;+1/p-1. The molecule has 0 saturated heterocycles. The van der Waals surface area contributed by atoms with E-state index in [1.165, 1.54) is 38.6 Å². The number of methoxy groups -OCH3 is 2. The SMILES string of the molecule is COc1cc(OC)nc(NC(=O)[N-]S(=O)(=O)c2ncccc2C2=NOCCO2)n1.[K+]. The van der Waals surface area contributed by atoms with Gasteiger partial charge in [0.1, 0.15) is 6.61 Å².